The van der Waals surface area contributed by atoms with Crippen LogP contribution in [-0.2, 0) is 14.8 Å². The first-order valence-electron chi connectivity index (χ1n) is 9.65. The van der Waals surface area contributed by atoms with Crippen molar-refractivity contribution in [3.8, 4) is 0 Å². The Morgan fingerprint density at radius 3 is 2.13 bits per heavy atom. The lowest BCUT2D eigenvalue weighted by Gasteiger charge is -2.22. The van der Waals surface area contributed by atoms with Gasteiger partial charge >= 0.3 is 0 Å². The van der Waals surface area contributed by atoms with Gasteiger partial charge in [-0.2, -0.15) is 0 Å². The van der Waals surface area contributed by atoms with Gasteiger partial charge in [-0.15, -0.1) is 0 Å². The maximum atomic E-state index is 13.0. The zero-order valence-corrected chi connectivity index (χ0v) is 17.5. The van der Waals surface area contributed by atoms with Gasteiger partial charge in [0.15, 0.2) is 0 Å². The Bertz CT molecular complexity index is 1020. The average Bonchev–Trinajstić information content (AvgIpc) is 3.49. The first-order chi connectivity index (χ1) is 14.2. The zero-order chi connectivity index (χ0) is 21.9. The van der Waals surface area contributed by atoms with E-state index in [9.17, 15) is 22.4 Å². The number of halogens is 1. The molecule has 0 aliphatic heterocycles. The van der Waals surface area contributed by atoms with Gasteiger partial charge < -0.3 is 10.6 Å². The van der Waals surface area contributed by atoms with E-state index in [1.165, 1.54) is 48.5 Å². The molecule has 1 aliphatic rings. The first kappa shape index (κ1) is 21.9. The SMILES string of the molecule is CC(C)C(NC(=O)c1ccc(F)cc1)C(=O)Nc1ccc(S(=O)(=O)NC2CC2)cc1. The summed E-state index contributed by atoms with van der Waals surface area (Å²) in [5, 5.41) is 5.35. The summed E-state index contributed by atoms with van der Waals surface area (Å²) in [5.74, 6) is -1.59. The monoisotopic (exact) mass is 433 g/mol. The lowest BCUT2D eigenvalue weighted by Crippen LogP contribution is -2.47. The molecule has 0 spiro atoms. The minimum atomic E-state index is -3.57. The number of anilines is 1. The second-order valence-electron chi connectivity index (χ2n) is 7.61. The van der Waals surface area contributed by atoms with Crippen molar-refractivity contribution < 1.29 is 22.4 Å². The van der Waals surface area contributed by atoms with Crippen LogP contribution in [0.2, 0.25) is 0 Å². The van der Waals surface area contributed by atoms with Crippen LogP contribution in [0.25, 0.3) is 0 Å². The zero-order valence-electron chi connectivity index (χ0n) is 16.7. The van der Waals surface area contributed by atoms with Crippen LogP contribution in [0.3, 0.4) is 0 Å². The van der Waals surface area contributed by atoms with Gasteiger partial charge in [-0.3, -0.25) is 9.59 Å². The van der Waals surface area contributed by atoms with Crippen LogP contribution in [0.5, 0.6) is 0 Å². The van der Waals surface area contributed by atoms with Crippen molar-refractivity contribution >= 4 is 27.5 Å². The van der Waals surface area contributed by atoms with Crippen molar-refractivity contribution in [2.45, 2.75) is 43.7 Å². The highest BCUT2D eigenvalue weighted by atomic mass is 32.2. The van der Waals surface area contributed by atoms with Gasteiger partial charge in [0.2, 0.25) is 15.9 Å². The summed E-state index contributed by atoms with van der Waals surface area (Å²) in [6, 6.07) is 10.0. The van der Waals surface area contributed by atoms with Gasteiger partial charge in [0, 0.05) is 17.3 Å². The van der Waals surface area contributed by atoms with Gasteiger partial charge in [0.1, 0.15) is 11.9 Å². The van der Waals surface area contributed by atoms with Gasteiger partial charge in [0.25, 0.3) is 5.91 Å². The van der Waals surface area contributed by atoms with Crippen molar-refractivity contribution in [2.24, 2.45) is 5.92 Å². The molecule has 1 atom stereocenters. The normalized spacial score (nSPS) is 14.9. The largest absolute Gasteiger partial charge is 0.340 e. The second-order valence-corrected chi connectivity index (χ2v) is 9.33. The fourth-order valence-electron chi connectivity index (χ4n) is 2.79. The number of sulfonamides is 1. The summed E-state index contributed by atoms with van der Waals surface area (Å²) in [7, 11) is -3.57. The Hall–Kier alpha value is -2.78. The predicted molar refractivity (Wildman–Crippen MR) is 111 cm³/mol. The van der Waals surface area contributed by atoms with Crippen molar-refractivity contribution in [1.82, 2.24) is 10.0 Å². The molecule has 3 N–H and O–H groups in total. The summed E-state index contributed by atoms with van der Waals surface area (Å²) < 4.78 is 40.1. The second kappa shape index (κ2) is 8.93. The molecule has 1 aliphatic carbocycles. The molecular weight excluding hydrogens is 409 g/mol. The van der Waals surface area contributed by atoms with E-state index in [-0.39, 0.29) is 22.4 Å². The summed E-state index contributed by atoms with van der Waals surface area (Å²) in [4.78, 5) is 25.2. The van der Waals surface area contributed by atoms with Crippen LogP contribution in [0.1, 0.15) is 37.0 Å². The van der Waals surface area contributed by atoms with Crippen molar-refractivity contribution in [3.05, 3.63) is 59.9 Å². The molecule has 2 aromatic carbocycles. The predicted octanol–water partition coefficient (Wildman–Crippen LogP) is 2.66. The number of amides is 2. The third-order valence-corrected chi connectivity index (χ3v) is 6.21. The quantitative estimate of drug-likeness (QED) is 0.595. The fourth-order valence-corrected chi connectivity index (χ4v) is 4.09. The fraction of sp³-hybridized carbons (Fsp3) is 0.333. The Labute approximate surface area is 175 Å². The van der Waals surface area contributed by atoms with Gasteiger partial charge in [-0.05, 0) is 67.3 Å². The van der Waals surface area contributed by atoms with E-state index in [4.69, 9.17) is 0 Å². The van der Waals surface area contributed by atoms with Crippen LogP contribution in [0.15, 0.2) is 53.4 Å². The van der Waals surface area contributed by atoms with Crippen molar-refractivity contribution in [1.29, 1.82) is 0 Å². The summed E-state index contributed by atoms with van der Waals surface area (Å²) in [6.07, 6.45) is 1.68. The number of carbonyl (C=O) groups excluding carboxylic acids is 2. The number of benzene rings is 2. The molecule has 0 bridgehead atoms. The molecule has 1 saturated carbocycles. The molecule has 7 nitrogen and oxygen atoms in total. The number of carbonyl (C=O) groups is 2. The van der Waals surface area contributed by atoms with Gasteiger partial charge in [-0.1, -0.05) is 13.8 Å². The molecule has 0 saturated heterocycles. The minimum absolute atomic E-state index is 0.00546. The molecule has 160 valence electrons. The molecule has 9 heteroatoms. The number of nitrogens with one attached hydrogen (secondary N) is 3. The Balaban J connectivity index is 1.65. The van der Waals surface area contributed by atoms with Crippen LogP contribution in [0, 0.1) is 11.7 Å². The van der Waals surface area contributed by atoms with E-state index in [0.29, 0.717) is 5.69 Å². The van der Waals surface area contributed by atoms with E-state index < -0.39 is 33.7 Å². The lowest BCUT2D eigenvalue weighted by molar-refractivity contribution is -0.118. The maximum Gasteiger partial charge on any atom is 0.251 e. The van der Waals surface area contributed by atoms with E-state index in [2.05, 4.69) is 15.4 Å². The van der Waals surface area contributed by atoms with Gasteiger partial charge in [-0.25, -0.2) is 17.5 Å². The van der Waals surface area contributed by atoms with E-state index in [1.54, 1.807) is 13.8 Å². The number of hydrogen-bond donors (Lipinski definition) is 3. The standard InChI is InChI=1S/C21H24FN3O4S/c1-13(2)19(24-20(26)14-3-5-15(22)6-4-14)21(27)23-16-9-11-18(12-10-16)30(28,29)25-17-7-8-17/h3-6,9-13,17,19,25H,7-8H2,1-2H3,(H,23,27)(H,24,26). The Morgan fingerprint density at radius 2 is 1.60 bits per heavy atom. The average molecular weight is 434 g/mol. The molecule has 2 aromatic rings. The Morgan fingerprint density at radius 1 is 1.00 bits per heavy atom. The van der Waals surface area contributed by atoms with Gasteiger partial charge in [0.05, 0.1) is 4.90 Å². The molecule has 30 heavy (non-hydrogen) atoms. The van der Waals surface area contributed by atoms with Crippen LogP contribution in [-0.4, -0.2) is 32.3 Å². The van der Waals surface area contributed by atoms with Crippen molar-refractivity contribution in [2.75, 3.05) is 5.32 Å². The number of rotatable bonds is 8. The number of hydrogen-bond acceptors (Lipinski definition) is 4. The highest BCUT2D eigenvalue weighted by Gasteiger charge is 2.28. The molecular formula is C21H24FN3O4S. The molecule has 2 amide bonds. The molecule has 3 rings (SSSR count). The van der Waals surface area contributed by atoms with E-state index >= 15 is 0 Å². The van der Waals surface area contributed by atoms with Crippen LogP contribution < -0.4 is 15.4 Å². The molecule has 1 fully saturated rings. The summed E-state index contributed by atoms with van der Waals surface area (Å²) >= 11 is 0. The first-order valence-corrected chi connectivity index (χ1v) is 11.1. The summed E-state index contributed by atoms with van der Waals surface area (Å²) in [6.45, 7) is 3.57. The van der Waals surface area contributed by atoms with Crippen molar-refractivity contribution in [3.63, 3.8) is 0 Å². The third-order valence-electron chi connectivity index (χ3n) is 4.67. The molecule has 1 unspecified atom stereocenters. The van der Waals surface area contributed by atoms with E-state index in [1.807, 2.05) is 0 Å². The minimum Gasteiger partial charge on any atom is -0.340 e. The lowest BCUT2D eigenvalue weighted by atomic mass is 10.0. The third kappa shape index (κ3) is 5.64. The van der Waals surface area contributed by atoms with Crippen LogP contribution in [0.4, 0.5) is 10.1 Å². The summed E-state index contributed by atoms with van der Waals surface area (Å²) in [5.41, 5.74) is 0.652. The molecule has 0 radical (unpaired) electrons. The topological polar surface area (TPSA) is 104 Å². The molecule has 0 aromatic heterocycles. The highest BCUT2D eigenvalue weighted by Crippen LogP contribution is 2.23. The molecule has 0 heterocycles. The van der Waals surface area contributed by atoms with E-state index in [0.717, 1.165) is 12.8 Å². The highest BCUT2D eigenvalue weighted by molar-refractivity contribution is 7.89. The van der Waals surface area contributed by atoms with Crippen LogP contribution >= 0.6 is 0 Å². The Kier molecular flexibility index (Phi) is 6.52. The maximum absolute atomic E-state index is 13.0. The smallest absolute Gasteiger partial charge is 0.251 e.